The molecular formula is C16H23NO2. The van der Waals surface area contributed by atoms with Crippen LogP contribution in [0.3, 0.4) is 0 Å². The number of aryl methyl sites for hydroxylation is 2. The first-order valence-corrected chi connectivity index (χ1v) is 6.99. The highest BCUT2D eigenvalue weighted by Crippen LogP contribution is 2.16. The van der Waals surface area contributed by atoms with Crippen LogP contribution >= 0.6 is 0 Å². The zero-order chi connectivity index (χ0) is 13.8. The molecule has 1 aliphatic heterocycles. The lowest BCUT2D eigenvalue weighted by atomic mass is 9.99. The minimum atomic E-state index is -0.198. The van der Waals surface area contributed by atoms with Crippen molar-refractivity contribution in [2.24, 2.45) is 5.92 Å². The molecule has 1 atom stereocenters. The lowest BCUT2D eigenvalue weighted by Crippen LogP contribution is -2.34. The predicted molar refractivity (Wildman–Crippen MR) is 76.4 cm³/mol. The normalized spacial score (nSPS) is 20.3. The summed E-state index contributed by atoms with van der Waals surface area (Å²) in [4.78, 5) is 14.3. The number of carbonyl (C=O) groups is 1. The van der Waals surface area contributed by atoms with Gasteiger partial charge in [0.1, 0.15) is 0 Å². The number of esters is 1. The molecule has 1 aromatic rings. The third kappa shape index (κ3) is 3.80. The number of ether oxygens (including phenoxy) is 1. The summed E-state index contributed by atoms with van der Waals surface area (Å²) < 4.78 is 5.45. The quantitative estimate of drug-likeness (QED) is 0.784. The number of hydrogen-bond donors (Lipinski definition) is 0. The summed E-state index contributed by atoms with van der Waals surface area (Å²) in [6.07, 6.45) is 2.35. The van der Waals surface area contributed by atoms with Gasteiger partial charge in [-0.3, -0.25) is 0 Å². The van der Waals surface area contributed by atoms with Crippen molar-refractivity contribution in [2.75, 3.05) is 26.7 Å². The Bertz CT molecular complexity index is 456. The molecule has 0 amide bonds. The van der Waals surface area contributed by atoms with E-state index in [0.717, 1.165) is 25.1 Å². The maximum absolute atomic E-state index is 12.0. The Morgan fingerprint density at radius 2 is 2.16 bits per heavy atom. The second kappa shape index (κ2) is 6.20. The van der Waals surface area contributed by atoms with E-state index >= 15 is 0 Å². The molecule has 3 nitrogen and oxygen atoms in total. The molecule has 2 rings (SSSR count). The molecule has 1 saturated heterocycles. The van der Waals surface area contributed by atoms with Gasteiger partial charge < -0.3 is 9.64 Å². The molecule has 0 aliphatic carbocycles. The second-order valence-electron chi connectivity index (χ2n) is 5.67. The van der Waals surface area contributed by atoms with Gasteiger partial charge in [-0.2, -0.15) is 0 Å². The molecule has 1 heterocycles. The summed E-state index contributed by atoms with van der Waals surface area (Å²) in [5.41, 5.74) is 2.99. The first-order valence-electron chi connectivity index (χ1n) is 6.99. The molecule has 0 N–H and O–H groups in total. The lowest BCUT2D eigenvalue weighted by Gasteiger charge is -2.29. The average molecular weight is 261 g/mol. The molecule has 1 fully saturated rings. The Hall–Kier alpha value is -1.35. The largest absolute Gasteiger partial charge is 0.462 e. The van der Waals surface area contributed by atoms with Crippen LogP contribution in [0.15, 0.2) is 18.2 Å². The Morgan fingerprint density at radius 3 is 2.84 bits per heavy atom. The second-order valence-corrected chi connectivity index (χ2v) is 5.67. The number of nitrogens with zero attached hydrogens (tertiary/aromatic N) is 1. The molecule has 0 saturated carbocycles. The Morgan fingerprint density at radius 1 is 1.37 bits per heavy atom. The highest BCUT2D eigenvalue weighted by molar-refractivity contribution is 5.89. The topological polar surface area (TPSA) is 29.5 Å². The smallest absolute Gasteiger partial charge is 0.338 e. The van der Waals surface area contributed by atoms with Crippen molar-refractivity contribution in [1.29, 1.82) is 0 Å². The van der Waals surface area contributed by atoms with Crippen molar-refractivity contribution >= 4 is 5.97 Å². The van der Waals surface area contributed by atoms with Gasteiger partial charge in [-0.1, -0.05) is 6.07 Å². The van der Waals surface area contributed by atoms with Crippen molar-refractivity contribution in [1.82, 2.24) is 4.90 Å². The van der Waals surface area contributed by atoms with Crippen LogP contribution in [0.5, 0.6) is 0 Å². The Labute approximate surface area is 115 Å². The van der Waals surface area contributed by atoms with Crippen LogP contribution < -0.4 is 0 Å². The maximum atomic E-state index is 12.0. The van der Waals surface area contributed by atoms with E-state index in [1.807, 2.05) is 32.0 Å². The minimum absolute atomic E-state index is 0.198. The standard InChI is InChI=1S/C16H23NO2/c1-12-6-7-15(9-13(12)2)16(18)19-11-14-5-4-8-17(3)10-14/h6-7,9,14H,4-5,8,10-11H2,1-3H3. The number of rotatable bonds is 3. The fraction of sp³-hybridized carbons (Fsp3) is 0.562. The molecular weight excluding hydrogens is 238 g/mol. The van der Waals surface area contributed by atoms with Gasteiger partial charge in [0.15, 0.2) is 0 Å². The summed E-state index contributed by atoms with van der Waals surface area (Å²) in [6.45, 7) is 6.78. The van der Waals surface area contributed by atoms with E-state index < -0.39 is 0 Å². The molecule has 3 heteroatoms. The van der Waals surface area contributed by atoms with Crippen molar-refractivity contribution in [2.45, 2.75) is 26.7 Å². The molecule has 0 spiro atoms. The van der Waals surface area contributed by atoms with Crippen LogP contribution in [-0.2, 0) is 4.74 Å². The monoisotopic (exact) mass is 261 g/mol. The van der Waals surface area contributed by atoms with Crippen molar-refractivity contribution in [3.05, 3.63) is 34.9 Å². The maximum Gasteiger partial charge on any atom is 0.338 e. The van der Waals surface area contributed by atoms with Gasteiger partial charge in [-0.25, -0.2) is 4.79 Å². The molecule has 0 radical (unpaired) electrons. The van der Waals surface area contributed by atoms with E-state index in [2.05, 4.69) is 11.9 Å². The molecule has 1 aromatic carbocycles. The van der Waals surface area contributed by atoms with Gasteiger partial charge in [0.25, 0.3) is 0 Å². The fourth-order valence-electron chi connectivity index (χ4n) is 2.55. The van der Waals surface area contributed by atoms with Gasteiger partial charge >= 0.3 is 5.97 Å². The molecule has 1 aliphatic rings. The van der Waals surface area contributed by atoms with Gasteiger partial charge in [0.05, 0.1) is 12.2 Å². The Balaban J connectivity index is 1.88. The van der Waals surface area contributed by atoms with Crippen LogP contribution in [0.25, 0.3) is 0 Å². The van der Waals surface area contributed by atoms with E-state index in [9.17, 15) is 4.79 Å². The number of benzene rings is 1. The van der Waals surface area contributed by atoms with E-state index in [-0.39, 0.29) is 5.97 Å². The van der Waals surface area contributed by atoms with E-state index in [0.29, 0.717) is 18.1 Å². The van der Waals surface area contributed by atoms with Crippen LogP contribution in [0.1, 0.15) is 34.3 Å². The molecule has 19 heavy (non-hydrogen) atoms. The highest BCUT2D eigenvalue weighted by Gasteiger charge is 2.19. The van der Waals surface area contributed by atoms with Gasteiger partial charge in [-0.15, -0.1) is 0 Å². The van der Waals surface area contributed by atoms with E-state index in [1.165, 1.54) is 12.0 Å². The van der Waals surface area contributed by atoms with Crippen LogP contribution in [-0.4, -0.2) is 37.6 Å². The summed E-state index contributed by atoms with van der Waals surface area (Å²) in [7, 11) is 2.12. The first kappa shape index (κ1) is 14.1. The van der Waals surface area contributed by atoms with Gasteiger partial charge in [0, 0.05) is 12.5 Å². The SMILES string of the molecule is Cc1ccc(C(=O)OCC2CCCN(C)C2)cc1C. The third-order valence-electron chi connectivity index (χ3n) is 3.91. The van der Waals surface area contributed by atoms with Crippen molar-refractivity contribution < 1.29 is 9.53 Å². The van der Waals surface area contributed by atoms with Crippen molar-refractivity contribution in [3.8, 4) is 0 Å². The van der Waals surface area contributed by atoms with Crippen LogP contribution in [0.2, 0.25) is 0 Å². The lowest BCUT2D eigenvalue weighted by molar-refractivity contribution is 0.0371. The van der Waals surface area contributed by atoms with E-state index in [4.69, 9.17) is 4.74 Å². The number of hydrogen-bond acceptors (Lipinski definition) is 3. The number of piperidine rings is 1. The Kier molecular flexibility index (Phi) is 4.59. The average Bonchev–Trinajstić information content (AvgIpc) is 2.39. The van der Waals surface area contributed by atoms with E-state index in [1.54, 1.807) is 0 Å². The molecule has 0 aromatic heterocycles. The zero-order valence-corrected chi connectivity index (χ0v) is 12.1. The summed E-state index contributed by atoms with van der Waals surface area (Å²) in [5.74, 6) is 0.283. The van der Waals surface area contributed by atoms with Gasteiger partial charge in [-0.05, 0) is 63.5 Å². The highest BCUT2D eigenvalue weighted by atomic mass is 16.5. The molecule has 1 unspecified atom stereocenters. The fourth-order valence-corrected chi connectivity index (χ4v) is 2.55. The third-order valence-corrected chi connectivity index (χ3v) is 3.91. The van der Waals surface area contributed by atoms with Crippen molar-refractivity contribution in [3.63, 3.8) is 0 Å². The zero-order valence-electron chi connectivity index (χ0n) is 12.1. The molecule has 0 bridgehead atoms. The minimum Gasteiger partial charge on any atom is -0.462 e. The van der Waals surface area contributed by atoms with Crippen LogP contribution in [0, 0.1) is 19.8 Å². The molecule has 104 valence electrons. The predicted octanol–water partition coefficient (Wildman–Crippen LogP) is 2.80. The first-order chi connectivity index (χ1) is 9.06. The number of likely N-dealkylation sites (tertiary alicyclic amines) is 1. The summed E-state index contributed by atoms with van der Waals surface area (Å²) in [6, 6.07) is 5.72. The van der Waals surface area contributed by atoms with Gasteiger partial charge in [0.2, 0.25) is 0 Å². The summed E-state index contributed by atoms with van der Waals surface area (Å²) in [5, 5.41) is 0. The number of carbonyl (C=O) groups excluding carboxylic acids is 1. The van der Waals surface area contributed by atoms with Crippen LogP contribution in [0.4, 0.5) is 0 Å². The summed E-state index contributed by atoms with van der Waals surface area (Å²) >= 11 is 0.